The Hall–Kier alpha value is -1.52. The molecule has 0 bridgehead atoms. The summed E-state index contributed by atoms with van der Waals surface area (Å²) in [7, 11) is 0. The molecule has 0 radical (unpaired) electrons. The SMILES string of the molecule is Clc1cccc(-n2ccnc2N2CCNCC2)c1. The van der Waals surface area contributed by atoms with E-state index in [9.17, 15) is 0 Å². The maximum atomic E-state index is 6.04. The van der Waals surface area contributed by atoms with Gasteiger partial charge in [0.2, 0.25) is 5.95 Å². The number of anilines is 1. The summed E-state index contributed by atoms with van der Waals surface area (Å²) in [4.78, 5) is 6.75. The minimum atomic E-state index is 0.743. The molecule has 3 rings (SSSR count). The Balaban J connectivity index is 1.95. The number of hydrogen-bond donors (Lipinski definition) is 1. The van der Waals surface area contributed by atoms with Crippen molar-refractivity contribution in [3.63, 3.8) is 0 Å². The van der Waals surface area contributed by atoms with E-state index in [4.69, 9.17) is 11.6 Å². The van der Waals surface area contributed by atoms with Crippen molar-refractivity contribution in [1.29, 1.82) is 0 Å². The van der Waals surface area contributed by atoms with E-state index in [0.717, 1.165) is 42.8 Å². The quantitative estimate of drug-likeness (QED) is 0.898. The van der Waals surface area contributed by atoms with Crippen molar-refractivity contribution in [2.24, 2.45) is 0 Å². The van der Waals surface area contributed by atoms with E-state index in [2.05, 4.69) is 19.8 Å². The predicted molar refractivity (Wildman–Crippen MR) is 73.7 cm³/mol. The normalized spacial score (nSPS) is 15.9. The smallest absolute Gasteiger partial charge is 0.210 e. The fourth-order valence-electron chi connectivity index (χ4n) is 2.22. The van der Waals surface area contributed by atoms with Crippen LogP contribution in [-0.4, -0.2) is 35.7 Å². The second-order valence-electron chi connectivity index (χ2n) is 4.31. The summed E-state index contributed by atoms with van der Waals surface area (Å²) >= 11 is 6.04. The van der Waals surface area contributed by atoms with E-state index in [-0.39, 0.29) is 0 Å². The average Bonchev–Trinajstić information content (AvgIpc) is 2.89. The Bertz CT molecular complexity index is 531. The number of piperazine rings is 1. The third-order valence-corrected chi connectivity index (χ3v) is 3.34. The Morgan fingerprint density at radius 1 is 1.22 bits per heavy atom. The van der Waals surface area contributed by atoms with Crippen molar-refractivity contribution < 1.29 is 0 Å². The summed E-state index contributed by atoms with van der Waals surface area (Å²) in [6.07, 6.45) is 3.81. The van der Waals surface area contributed by atoms with Crippen molar-refractivity contribution in [3.05, 3.63) is 41.7 Å². The first-order valence-electron chi connectivity index (χ1n) is 6.09. The fraction of sp³-hybridized carbons (Fsp3) is 0.308. The topological polar surface area (TPSA) is 33.1 Å². The van der Waals surface area contributed by atoms with Crippen LogP contribution < -0.4 is 10.2 Å². The molecule has 5 heteroatoms. The Kier molecular flexibility index (Phi) is 3.21. The monoisotopic (exact) mass is 262 g/mol. The summed E-state index contributed by atoms with van der Waals surface area (Å²) in [5.41, 5.74) is 1.05. The molecule has 4 nitrogen and oxygen atoms in total. The molecular weight excluding hydrogens is 248 g/mol. The highest BCUT2D eigenvalue weighted by Gasteiger charge is 2.15. The molecule has 0 aliphatic carbocycles. The molecule has 1 aliphatic heterocycles. The molecule has 1 saturated heterocycles. The van der Waals surface area contributed by atoms with Crippen LogP contribution in [-0.2, 0) is 0 Å². The van der Waals surface area contributed by atoms with Crippen LogP contribution in [0.15, 0.2) is 36.7 Å². The second-order valence-corrected chi connectivity index (χ2v) is 4.75. The zero-order valence-corrected chi connectivity index (χ0v) is 10.8. The lowest BCUT2D eigenvalue weighted by Gasteiger charge is -2.28. The van der Waals surface area contributed by atoms with Crippen LogP contribution in [0.25, 0.3) is 5.69 Å². The van der Waals surface area contributed by atoms with Crippen LogP contribution in [0.2, 0.25) is 5.02 Å². The maximum Gasteiger partial charge on any atom is 0.210 e. The summed E-state index contributed by atoms with van der Waals surface area (Å²) < 4.78 is 2.08. The number of nitrogens with zero attached hydrogens (tertiary/aromatic N) is 3. The Morgan fingerprint density at radius 3 is 2.83 bits per heavy atom. The first kappa shape index (κ1) is 11.6. The van der Waals surface area contributed by atoms with Crippen molar-refractivity contribution in [2.45, 2.75) is 0 Å². The minimum absolute atomic E-state index is 0.743. The molecule has 0 spiro atoms. The molecule has 1 aromatic carbocycles. The molecule has 1 N–H and O–H groups in total. The molecular formula is C13H15ClN4. The minimum Gasteiger partial charge on any atom is -0.339 e. The summed E-state index contributed by atoms with van der Waals surface area (Å²) in [6.45, 7) is 3.97. The fourth-order valence-corrected chi connectivity index (χ4v) is 2.41. The molecule has 1 aliphatic rings. The molecule has 0 amide bonds. The molecule has 1 fully saturated rings. The third kappa shape index (κ3) is 2.21. The van der Waals surface area contributed by atoms with Crippen LogP contribution in [0.5, 0.6) is 0 Å². The van der Waals surface area contributed by atoms with Gasteiger partial charge in [-0.1, -0.05) is 17.7 Å². The zero-order chi connectivity index (χ0) is 12.4. The molecule has 0 saturated carbocycles. The van der Waals surface area contributed by atoms with Crippen LogP contribution in [0, 0.1) is 0 Å². The number of benzene rings is 1. The summed E-state index contributed by atoms with van der Waals surface area (Å²) in [5, 5.41) is 4.09. The third-order valence-electron chi connectivity index (χ3n) is 3.11. The van der Waals surface area contributed by atoms with E-state index in [1.165, 1.54) is 0 Å². The van der Waals surface area contributed by atoms with Gasteiger partial charge in [0.05, 0.1) is 0 Å². The summed E-state index contributed by atoms with van der Waals surface area (Å²) in [5.74, 6) is 0.985. The van der Waals surface area contributed by atoms with Gasteiger partial charge in [0.1, 0.15) is 0 Å². The lowest BCUT2D eigenvalue weighted by Crippen LogP contribution is -2.44. The van der Waals surface area contributed by atoms with Crippen molar-refractivity contribution >= 4 is 17.5 Å². The first-order valence-corrected chi connectivity index (χ1v) is 6.47. The molecule has 2 heterocycles. The largest absolute Gasteiger partial charge is 0.339 e. The average molecular weight is 263 g/mol. The van der Waals surface area contributed by atoms with Gasteiger partial charge in [-0.2, -0.15) is 0 Å². The number of imidazole rings is 1. The van der Waals surface area contributed by atoms with Gasteiger partial charge in [-0.25, -0.2) is 4.98 Å². The highest BCUT2D eigenvalue weighted by Crippen LogP contribution is 2.21. The summed E-state index contributed by atoms with van der Waals surface area (Å²) in [6, 6.07) is 7.83. The van der Waals surface area contributed by atoms with Crippen LogP contribution in [0.4, 0.5) is 5.95 Å². The van der Waals surface area contributed by atoms with Crippen LogP contribution in [0.1, 0.15) is 0 Å². The number of rotatable bonds is 2. The molecule has 0 unspecified atom stereocenters. The van der Waals surface area contributed by atoms with Gasteiger partial charge in [-0.15, -0.1) is 0 Å². The Labute approximate surface area is 111 Å². The van der Waals surface area contributed by atoms with E-state index < -0.39 is 0 Å². The molecule has 1 aromatic heterocycles. The number of nitrogens with one attached hydrogen (secondary N) is 1. The lowest BCUT2D eigenvalue weighted by molar-refractivity contribution is 0.577. The van der Waals surface area contributed by atoms with E-state index in [1.807, 2.05) is 36.7 Å². The van der Waals surface area contributed by atoms with Gasteiger partial charge < -0.3 is 10.2 Å². The van der Waals surface area contributed by atoms with Gasteiger partial charge in [-0.3, -0.25) is 4.57 Å². The van der Waals surface area contributed by atoms with Crippen molar-refractivity contribution in [1.82, 2.24) is 14.9 Å². The highest BCUT2D eigenvalue weighted by molar-refractivity contribution is 6.30. The molecule has 94 valence electrons. The molecule has 0 atom stereocenters. The van der Waals surface area contributed by atoms with Crippen LogP contribution >= 0.6 is 11.6 Å². The number of hydrogen-bond acceptors (Lipinski definition) is 3. The van der Waals surface area contributed by atoms with E-state index in [0.29, 0.717) is 0 Å². The van der Waals surface area contributed by atoms with Crippen LogP contribution in [0.3, 0.4) is 0 Å². The van der Waals surface area contributed by atoms with E-state index in [1.54, 1.807) is 0 Å². The molecule has 18 heavy (non-hydrogen) atoms. The van der Waals surface area contributed by atoms with Gasteiger partial charge >= 0.3 is 0 Å². The Morgan fingerprint density at radius 2 is 2.06 bits per heavy atom. The van der Waals surface area contributed by atoms with Gasteiger partial charge in [0.25, 0.3) is 0 Å². The van der Waals surface area contributed by atoms with E-state index >= 15 is 0 Å². The van der Waals surface area contributed by atoms with Gasteiger partial charge in [0.15, 0.2) is 0 Å². The predicted octanol–water partition coefficient (Wildman–Crippen LogP) is 1.94. The lowest BCUT2D eigenvalue weighted by atomic mass is 10.3. The number of aromatic nitrogens is 2. The number of halogens is 1. The van der Waals surface area contributed by atoms with Crippen molar-refractivity contribution in [2.75, 3.05) is 31.1 Å². The maximum absolute atomic E-state index is 6.04. The zero-order valence-electron chi connectivity index (χ0n) is 10.0. The standard InChI is InChI=1S/C13H15ClN4/c14-11-2-1-3-12(10-11)18-9-6-16-13(18)17-7-4-15-5-8-17/h1-3,6,9-10,15H,4-5,7-8H2. The molecule has 2 aromatic rings. The first-order chi connectivity index (χ1) is 8.84. The second kappa shape index (κ2) is 5.00. The van der Waals surface area contributed by atoms with Gasteiger partial charge in [-0.05, 0) is 18.2 Å². The van der Waals surface area contributed by atoms with Crippen molar-refractivity contribution in [3.8, 4) is 5.69 Å². The van der Waals surface area contributed by atoms with Gasteiger partial charge in [0, 0.05) is 49.3 Å². The highest BCUT2D eigenvalue weighted by atomic mass is 35.5.